The molecule has 0 aliphatic carbocycles. The monoisotopic (exact) mass is 354 g/mol. The molecular formula is C20H19ClN2O2. The number of anilines is 1. The summed E-state index contributed by atoms with van der Waals surface area (Å²) < 4.78 is 5.60. The van der Waals surface area contributed by atoms with Gasteiger partial charge in [-0.1, -0.05) is 29.8 Å². The highest BCUT2D eigenvalue weighted by atomic mass is 35.5. The van der Waals surface area contributed by atoms with Crippen LogP contribution in [0.5, 0.6) is 0 Å². The Morgan fingerprint density at radius 3 is 2.48 bits per heavy atom. The summed E-state index contributed by atoms with van der Waals surface area (Å²) >= 11 is 6.23. The van der Waals surface area contributed by atoms with Gasteiger partial charge in [0.1, 0.15) is 5.58 Å². The van der Waals surface area contributed by atoms with Gasteiger partial charge in [-0.2, -0.15) is 0 Å². The van der Waals surface area contributed by atoms with E-state index in [1.54, 1.807) is 6.07 Å². The second kappa shape index (κ2) is 6.54. The van der Waals surface area contributed by atoms with Gasteiger partial charge in [-0.15, -0.1) is 0 Å². The van der Waals surface area contributed by atoms with E-state index in [4.69, 9.17) is 16.0 Å². The van der Waals surface area contributed by atoms with Gasteiger partial charge in [-0.3, -0.25) is 0 Å². The third-order valence-electron chi connectivity index (χ3n) is 4.75. The largest absolute Gasteiger partial charge is 0.422 e. The van der Waals surface area contributed by atoms with Crippen molar-refractivity contribution in [2.75, 3.05) is 38.1 Å². The summed E-state index contributed by atoms with van der Waals surface area (Å²) in [6, 6.07) is 15.2. The smallest absolute Gasteiger partial charge is 0.344 e. The van der Waals surface area contributed by atoms with Crippen molar-refractivity contribution in [3.05, 3.63) is 64.0 Å². The Kier molecular flexibility index (Phi) is 4.24. The molecule has 0 saturated carbocycles. The molecule has 4 rings (SSSR count). The van der Waals surface area contributed by atoms with Gasteiger partial charge in [-0.25, -0.2) is 4.79 Å². The van der Waals surface area contributed by atoms with Crippen LogP contribution in [0.3, 0.4) is 0 Å². The van der Waals surface area contributed by atoms with Crippen LogP contribution in [-0.4, -0.2) is 38.1 Å². The number of hydrogen-bond acceptors (Lipinski definition) is 4. The quantitative estimate of drug-likeness (QED) is 0.655. The molecule has 0 N–H and O–H groups in total. The zero-order valence-corrected chi connectivity index (χ0v) is 14.8. The predicted octanol–water partition coefficient (Wildman–Crippen LogP) is 3.87. The zero-order chi connectivity index (χ0) is 17.4. The molecular weight excluding hydrogens is 336 g/mol. The van der Waals surface area contributed by atoms with Crippen molar-refractivity contribution in [3.63, 3.8) is 0 Å². The lowest BCUT2D eigenvalue weighted by molar-refractivity contribution is 0.313. The summed E-state index contributed by atoms with van der Waals surface area (Å²) in [6.07, 6.45) is 0. The first kappa shape index (κ1) is 16.2. The van der Waals surface area contributed by atoms with Crippen LogP contribution in [0.1, 0.15) is 0 Å². The van der Waals surface area contributed by atoms with Gasteiger partial charge in [-0.05, 0) is 31.3 Å². The summed E-state index contributed by atoms with van der Waals surface area (Å²) in [5, 5.41) is 1.44. The van der Waals surface area contributed by atoms with Gasteiger partial charge in [0.2, 0.25) is 0 Å². The second-order valence-electron chi connectivity index (χ2n) is 6.44. The van der Waals surface area contributed by atoms with Crippen molar-refractivity contribution in [1.29, 1.82) is 0 Å². The summed E-state index contributed by atoms with van der Waals surface area (Å²) in [7, 11) is 2.13. The molecule has 0 bridgehead atoms. The average molecular weight is 355 g/mol. The molecule has 1 aliphatic rings. The fourth-order valence-corrected chi connectivity index (χ4v) is 3.47. The van der Waals surface area contributed by atoms with Crippen LogP contribution >= 0.6 is 11.6 Å². The molecule has 2 aromatic carbocycles. The molecule has 1 fully saturated rings. The van der Waals surface area contributed by atoms with E-state index in [-0.39, 0.29) is 5.63 Å². The first-order valence-electron chi connectivity index (χ1n) is 8.38. The number of fused-ring (bicyclic) bond motifs is 1. The second-order valence-corrected chi connectivity index (χ2v) is 6.85. The van der Waals surface area contributed by atoms with Crippen molar-refractivity contribution < 1.29 is 4.42 Å². The summed E-state index contributed by atoms with van der Waals surface area (Å²) in [5.74, 6) is 0. The van der Waals surface area contributed by atoms with Crippen molar-refractivity contribution in [1.82, 2.24) is 4.90 Å². The number of benzene rings is 2. The lowest BCUT2D eigenvalue weighted by Gasteiger charge is -2.34. The molecule has 1 aromatic heterocycles. The minimum Gasteiger partial charge on any atom is -0.422 e. The molecule has 2 heterocycles. The molecule has 25 heavy (non-hydrogen) atoms. The van der Waals surface area contributed by atoms with Gasteiger partial charge in [0.05, 0.1) is 5.56 Å². The summed E-state index contributed by atoms with van der Waals surface area (Å²) in [4.78, 5) is 17.1. The van der Waals surface area contributed by atoms with Crippen LogP contribution in [0, 0.1) is 0 Å². The molecule has 0 amide bonds. The maximum absolute atomic E-state index is 12.5. The fourth-order valence-electron chi connectivity index (χ4n) is 3.23. The van der Waals surface area contributed by atoms with Crippen molar-refractivity contribution >= 4 is 28.3 Å². The van der Waals surface area contributed by atoms with Gasteiger partial charge in [0.15, 0.2) is 0 Å². The third-order valence-corrected chi connectivity index (χ3v) is 5.08. The number of likely N-dealkylation sites (N-methyl/N-ethyl adjacent to an activating group) is 1. The van der Waals surface area contributed by atoms with Crippen LogP contribution in [0.15, 0.2) is 57.7 Å². The first-order valence-corrected chi connectivity index (χ1v) is 8.76. The van der Waals surface area contributed by atoms with E-state index in [1.807, 2.05) is 36.4 Å². The Bertz CT molecular complexity index is 975. The van der Waals surface area contributed by atoms with Crippen LogP contribution in [0.25, 0.3) is 22.1 Å². The van der Waals surface area contributed by atoms with Gasteiger partial charge >= 0.3 is 5.63 Å². The summed E-state index contributed by atoms with van der Waals surface area (Å²) in [5.41, 5.74) is 2.52. The molecule has 3 aromatic rings. The summed E-state index contributed by atoms with van der Waals surface area (Å²) in [6.45, 7) is 4.02. The number of hydrogen-bond donors (Lipinski definition) is 0. The van der Waals surface area contributed by atoms with Crippen molar-refractivity contribution in [2.24, 2.45) is 0 Å². The number of halogens is 1. The SMILES string of the molecule is CN1CCN(c2ccc3cc(-c4ccccc4Cl)c(=O)oc3c2)CC1. The minimum atomic E-state index is -0.365. The normalized spacial score (nSPS) is 15.7. The Hall–Kier alpha value is -2.30. The Labute approximate surface area is 151 Å². The van der Waals surface area contributed by atoms with Gasteiger partial charge in [0, 0.05) is 53.9 Å². The first-order chi connectivity index (χ1) is 12.1. The standard InChI is InChI=1S/C20H19ClN2O2/c1-22-8-10-23(11-9-22)15-7-6-14-12-17(20(24)25-19(14)13-15)16-4-2-3-5-18(16)21/h2-7,12-13H,8-11H2,1H3. The van der Waals surface area contributed by atoms with E-state index in [9.17, 15) is 4.79 Å². The fraction of sp³-hybridized carbons (Fsp3) is 0.250. The highest BCUT2D eigenvalue weighted by Crippen LogP contribution is 2.29. The lowest BCUT2D eigenvalue weighted by Crippen LogP contribution is -2.44. The van der Waals surface area contributed by atoms with Crippen LogP contribution in [0.2, 0.25) is 5.02 Å². The Balaban J connectivity index is 1.74. The van der Waals surface area contributed by atoms with E-state index in [0.29, 0.717) is 21.7 Å². The number of rotatable bonds is 2. The number of piperazine rings is 1. The highest BCUT2D eigenvalue weighted by Gasteiger charge is 2.16. The Morgan fingerprint density at radius 2 is 1.72 bits per heavy atom. The Morgan fingerprint density at radius 1 is 0.960 bits per heavy atom. The van der Waals surface area contributed by atoms with E-state index >= 15 is 0 Å². The van der Waals surface area contributed by atoms with E-state index in [0.717, 1.165) is 37.3 Å². The molecule has 0 radical (unpaired) electrons. The van der Waals surface area contributed by atoms with Crippen LogP contribution in [-0.2, 0) is 0 Å². The maximum Gasteiger partial charge on any atom is 0.344 e. The van der Waals surface area contributed by atoms with Gasteiger partial charge < -0.3 is 14.2 Å². The molecule has 5 heteroatoms. The molecule has 1 saturated heterocycles. The van der Waals surface area contributed by atoms with Crippen LogP contribution in [0.4, 0.5) is 5.69 Å². The van der Waals surface area contributed by atoms with Gasteiger partial charge in [0.25, 0.3) is 0 Å². The van der Waals surface area contributed by atoms with E-state index in [2.05, 4.69) is 22.9 Å². The minimum absolute atomic E-state index is 0.365. The molecule has 0 unspecified atom stereocenters. The van der Waals surface area contributed by atoms with Crippen molar-refractivity contribution in [2.45, 2.75) is 0 Å². The van der Waals surface area contributed by atoms with E-state index in [1.165, 1.54) is 0 Å². The maximum atomic E-state index is 12.5. The third kappa shape index (κ3) is 3.15. The molecule has 0 atom stereocenters. The number of nitrogens with zero attached hydrogens (tertiary/aromatic N) is 2. The lowest BCUT2D eigenvalue weighted by atomic mass is 10.1. The topological polar surface area (TPSA) is 36.7 Å². The molecule has 1 aliphatic heterocycles. The molecule has 4 nitrogen and oxygen atoms in total. The average Bonchev–Trinajstić information content (AvgIpc) is 2.62. The zero-order valence-electron chi connectivity index (χ0n) is 14.0. The molecule has 0 spiro atoms. The van der Waals surface area contributed by atoms with Crippen LogP contribution < -0.4 is 10.5 Å². The van der Waals surface area contributed by atoms with E-state index < -0.39 is 0 Å². The van der Waals surface area contributed by atoms with Crippen molar-refractivity contribution in [3.8, 4) is 11.1 Å². The predicted molar refractivity (Wildman–Crippen MR) is 103 cm³/mol. The highest BCUT2D eigenvalue weighted by molar-refractivity contribution is 6.33. The molecule has 128 valence electrons.